The van der Waals surface area contributed by atoms with Crippen molar-refractivity contribution >= 4 is 0 Å². The molecule has 2 heteroatoms. The highest BCUT2D eigenvalue weighted by molar-refractivity contribution is 4.83. The van der Waals surface area contributed by atoms with Crippen LogP contribution in [0.2, 0.25) is 0 Å². The van der Waals surface area contributed by atoms with Gasteiger partial charge in [0.1, 0.15) is 0 Å². The van der Waals surface area contributed by atoms with Crippen LogP contribution in [0.5, 0.6) is 0 Å². The Hall–Kier alpha value is -0.0800. The maximum atomic E-state index is 5.19. The second kappa shape index (κ2) is 5.13. The highest BCUT2D eigenvalue weighted by Gasteiger charge is 2.29. The maximum Gasteiger partial charge on any atom is 0.0589 e. The zero-order chi connectivity index (χ0) is 9.80. The number of ether oxygens (including phenoxy) is 1. The Balaban J connectivity index is 1.76. The Labute approximate surface area is 87.6 Å². The van der Waals surface area contributed by atoms with Crippen molar-refractivity contribution in [3.63, 3.8) is 0 Å². The molecule has 0 aliphatic heterocycles. The Morgan fingerprint density at radius 2 is 1.86 bits per heavy atom. The van der Waals surface area contributed by atoms with E-state index in [1.807, 2.05) is 7.11 Å². The fraction of sp³-hybridized carbons (Fsp3) is 1.00. The van der Waals surface area contributed by atoms with Crippen LogP contribution in [0.3, 0.4) is 0 Å². The molecule has 2 aliphatic carbocycles. The third-order valence-electron chi connectivity index (χ3n) is 3.61. The molecule has 0 radical (unpaired) electrons. The van der Waals surface area contributed by atoms with E-state index in [1.165, 1.54) is 45.1 Å². The molecule has 0 amide bonds. The molecule has 2 nitrogen and oxygen atoms in total. The zero-order valence-electron chi connectivity index (χ0n) is 9.37. The first-order chi connectivity index (χ1) is 6.90. The van der Waals surface area contributed by atoms with Crippen LogP contribution in [0.1, 0.15) is 38.5 Å². The van der Waals surface area contributed by atoms with Crippen molar-refractivity contribution in [3.8, 4) is 0 Å². The van der Waals surface area contributed by atoms with Gasteiger partial charge in [-0.3, -0.25) is 4.90 Å². The van der Waals surface area contributed by atoms with Crippen LogP contribution in [0, 0.1) is 5.92 Å². The first-order valence-corrected chi connectivity index (χ1v) is 6.13. The minimum atomic E-state index is 0.880. The van der Waals surface area contributed by atoms with Gasteiger partial charge in [0.25, 0.3) is 0 Å². The molecule has 0 aromatic heterocycles. The van der Waals surface area contributed by atoms with Gasteiger partial charge in [-0.1, -0.05) is 12.8 Å². The Kier molecular flexibility index (Phi) is 3.82. The number of hydrogen-bond acceptors (Lipinski definition) is 2. The van der Waals surface area contributed by atoms with E-state index in [2.05, 4.69) is 4.90 Å². The predicted molar refractivity (Wildman–Crippen MR) is 58.4 cm³/mol. The van der Waals surface area contributed by atoms with E-state index in [0.717, 1.165) is 25.1 Å². The first kappa shape index (κ1) is 10.4. The highest BCUT2D eigenvalue weighted by Crippen LogP contribution is 2.32. The van der Waals surface area contributed by atoms with Gasteiger partial charge in [0, 0.05) is 26.2 Å². The Morgan fingerprint density at radius 1 is 1.14 bits per heavy atom. The van der Waals surface area contributed by atoms with Gasteiger partial charge >= 0.3 is 0 Å². The second-order valence-electron chi connectivity index (χ2n) is 4.87. The maximum absolute atomic E-state index is 5.19. The van der Waals surface area contributed by atoms with Crippen molar-refractivity contribution in [2.45, 2.75) is 44.6 Å². The third kappa shape index (κ3) is 2.96. The predicted octanol–water partition coefficient (Wildman–Crippen LogP) is 2.29. The van der Waals surface area contributed by atoms with Crippen molar-refractivity contribution in [2.24, 2.45) is 5.92 Å². The summed E-state index contributed by atoms with van der Waals surface area (Å²) in [6.07, 6.45) is 8.68. The van der Waals surface area contributed by atoms with E-state index in [-0.39, 0.29) is 0 Å². The SMILES string of the molecule is COCCN(CC1CC1)C1CCCC1. The van der Waals surface area contributed by atoms with Crippen molar-refractivity contribution in [1.29, 1.82) is 0 Å². The lowest BCUT2D eigenvalue weighted by Crippen LogP contribution is -2.37. The Morgan fingerprint density at radius 3 is 2.43 bits per heavy atom. The number of rotatable bonds is 6. The summed E-state index contributed by atoms with van der Waals surface area (Å²) in [5.41, 5.74) is 0. The molecule has 0 aromatic rings. The molecule has 0 aromatic carbocycles. The molecule has 0 spiro atoms. The molecular formula is C12H23NO. The van der Waals surface area contributed by atoms with Gasteiger partial charge in [0.15, 0.2) is 0 Å². The first-order valence-electron chi connectivity index (χ1n) is 6.13. The van der Waals surface area contributed by atoms with E-state index in [0.29, 0.717) is 0 Å². The van der Waals surface area contributed by atoms with Crippen molar-refractivity contribution in [2.75, 3.05) is 26.8 Å². The van der Waals surface area contributed by atoms with Gasteiger partial charge in [-0.25, -0.2) is 0 Å². The summed E-state index contributed by atoms with van der Waals surface area (Å²) in [5.74, 6) is 1.02. The topological polar surface area (TPSA) is 12.5 Å². The lowest BCUT2D eigenvalue weighted by atomic mass is 10.2. The summed E-state index contributed by atoms with van der Waals surface area (Å²) in [5, 5.41) is 0. The normalized spacial score (nSPS) is 23.6. The molecule has 0 atom stereocenters. The fourth-order valence-corrected chi connectivity index (χ4v) is 2.53. The summed E-state index contributed by atoms with van der Waals surface area (Å²) >= 11 is 0. The van der Waals surface area contributed by atoms with Gasteiger partial charge in [0.05, 0.1) is 6.61 Å². The van der Waals surface area contributed by atoms with Gasteiger partial charge in [-0.15, -0.1) is 0 Å². The van der Waals surface area contributed by atoms with E-state index in [1.54, 1.807) is 0 Å². The van der Waals surface area contributed by atoms with Gasteiger partial charge in [-0.05, 0) is 31.6 Å². The molecule has 0 bridgehead atoms. The molecule has 0 heterocycles. The van der Waals surface area contributed by atoms with E-state index in [4.69, 9.17) is 4.74 Å². The third-order valence-corrected chi connectivity index (χ3v) is 3.61. The van der Waals surface area contributed by atoms with Crippen molar-refractivity contribution in [1.82, 2.24) is 4.90 Å². The van der Waals surface area contributed by atoms with Crippen LogP contribution >= 0.6 is 0 Å². The van der Waals surface area contributed by atoms with Gasteiger partial charge in [-0.2, -0.15) is 0 Å². The molecule has 0 saturated heterocycles. The monoisotopic (exact) mass is 197 g/mol. The van der Waals surface area contributed by atoms with E-state index in [9.17, 15) is 0 Å². The molecule has 14 heavy (non-hydrogen) atoms. The molecule has 0 N–H and O–H groups in total. The molecule has 2 rings (SSSR count). The van der Waals surface area contributed by atoms with Crippen LogP contribution in [0.25, 0.3) is 0 Å². The summed E-state index contributed by atoms with van der Waals surface area (Å²) in [4.78, 5) is 2.69. The largest absolute Gasteiger partial charge is 0.383 e. The summed E-state index contributed by atoms with van der Waals surface area (Å²) in [6.45, 7) is 3.40. The summed E-state index contributed by atoms with van der Waals surface area (Å²) in [7, 11) is 1.81. The molecule has 2 saturated carbocycles. The average Bonchev–Trinajstić information content (AvgIpc) is 2.84. The lowest BCUT2D eigenvalue weighted by molar-refractivity contribution is 0.117. The van der Waals surface area contributed by atoms with Crippen LogP contribution in [0.15, 0.2) is 0 Å². The van der Waals surface area contributed by atoms with E-state index < -0.39 is 0 Å². The number of nitrogens with zero attached hydrogens (tertiary/aromatic N) is 1. The highest BCUT2D eigenvalue weighted by atomic mass is 16.5. The molecular weight excluding hydrogens is 174 g/mol. The number of hydrogen-bond donors (Lipinski definition) is 0. The average molecular weight is 197 g/mol. The quantitative estimate of drug-likeness (QED) is 0.648. The zero-order valence-corrected chi connectivity index (χ0v) is 9.37. The van der Waals surface area contributed by atoms with E-state index >= 15 is 0 Å². The van der Waals surface area contributed by atoms with Gasteiger partial charge in [0.2, 0.25) is 0 Å². The molecule has 2 fully saturated rings. The molecule has 0 unspecified atom stereocenters. The number of methoxy groups -OCH3 is 1. The van der Waals surface area contributed by atoms with Crippen LogP contribution in [0.4, 0.5) is 0 Å². The second-order valence-corrected chi connectivity index (χ2v) is 4.87. The smallest absolute Gasteiger partial charge is 0.0589 e. The summed E-state index contributed by atoms with van der Waals surface area (Å²) < 4.78 is 5.19. The summed E-state index contributed by atoms with van der Waals surface area (Å²) in [6, 6.07) is 0.880. The minimum Gasteiger partial charge on any atom is -0.383 e. The van der Waals surface area contributed by atoms with Crippen LogP contribution < -0.4 is 0 Å². The fourth-order valence-electron chi connectivity index (χ4n) is 2.53. The Bertz CT molecular complexity index is 162. The van der Waals surface area contributed by atoms with Crippen LogP contribution in [-0.2, 0) is 4.74 Å². The van der Waals surface area contributed by atoms with Crippen molar-refractivity contribution < 1.29 is 4.74 Å². The molecule has 2 aliphatic rings. The molecule has 82 valence electrons. The standard InChI is InChI=1S/C12H23NO/c1-14-9-8-13(10-11-6-7-11)12-4-2-3-5-12/h11-12H,2-10H2,1H3. The van der Waals surface area contributed by atoms with Crippen molar-refractivity contribution in [3.05, 3.63) is 0 Å². The lowest BCUT2D eigenvalue weighted by Gasteiger charge is -2.28. The van der Waals surface area contributed by atoms with Gasteiger partial charge < -0.3 is 4.74 Å². The van der Waals surface area contributed by atoms with Crippen LogP contribution in [-0.4, -0.2) is 37.7 Å². The minimum absolute atomic E-state index is 0.880.